The Morgan fingerprint density at radius 3 is 2.85 bits per heavy atom. The van der Waals surface area contributed by atoms with Crippen molar-refractivity contribution in [2.45, 2.75) is 38.6 Å². The number of nitrogens with two attached hydrogens (primary N) is 1. The quantitative estimate of drug-likeness (QED) is 0.741. The highest BCUT2D eigenvalue weighted by Gasteiger charge is 2.27. The largest absolute Gasteiger partial charge is 0.330 e. The van der Waals surface area contributed by atoms with Crippen molar-refractivity contribution in [2.75, 3.05) is 6.54 Å². The lowest BCUT2D eigenvalue weighted by atomic mass is 10.2. The summed E-state index contributed by atoms with van der Waals surface area (Å²) >= 11 is 0. The maximum absolute atomic E-state index is 5.51. The lowest BCUT2D eigenvalue weighted by molar-refractivity contribution is 0.585. The number of rotatable bonds is 4. The molecular weight excluding hydrogens is 164 g/mol. The van der Waals surface area contributed by atoms with Crippen LogP contribution in [0.25, 0.3) is 0 Å². The van der Waals surface area contributed by atoms with Crippen molar-refractivity contribution in [3.63, 3.8) is 0 Å². The molecule has 4 nitrogen and oxygen atoms in total. The molecule has 1 aliphatic carbocycles. The average Bonchev–Trinajstić information content (AvgIpc) is 2.89. The van der Waals surface area contributed by atoms with Gasteiger partial charge in [-0.3, -0.25) is 0 Å². The topological polar surface area (TPSA) is 56.7 Å². The van der Waals surface area contributed by atoms with Crippen LogP contribution in [0.1, 0.15) is 37.2 Å². The van der Waals surface area contributed by atoms with Gasteiger partial charge >= 0.3 is 0 Å². The van der Waals surface area contributed by atoms with Crippen molar-refractivity contribution in [3.8, 4) is 0 Å². The van der Waals surface area contributed by atoms with Gasteiger partial charge in [0.05, 0.1) is 17.4 Å². The molecule has 1 aromatic heterocycles. The molecule has 0 amide bonds. The van der Waals surface area contributed by atoms with Gasteiger partial charge in [-0.05, 0) is 25.8 Å². The molecule has 72 valence electrons. The summed E-state index contributed by atoms with van der Waals surface area (Å²) in [7, 11) is 0. The molecule has 0 bridgehead atoms. The van der Waals surface area contributed by atoms with E-state index in [2.05, 4.69) is 21.9 Å². The maximum Gasteiger partial charge on any atom is 0.0871 e. The van der Waals surface area contributed by atoms with E-state index in [4.69, 9.17) is 5.73 Å². The summed E-state index contributed by atoms with van der Waals surface area (Å²) in [5.41, 5.74) is 7.89. The van der Waals surface area contributed by atoms with Crippen LogP contribution in [0.2, 0.25) is 0 Å². The molecule has 1 fully saturated rings. The zero-order valence-corrected chi connectivity index (χ0v) is 8.03. The third kappa shape index (κ3) is 1.58. The summed E-state index contributed by atoms with van der Waals surface area (Å²) in [5, 5.41) is 8.35. The van der Waals surface area contributed by atoms with Crippen molar-refractivity contribution in [1.29, 1.82) is 0 Å². The van der Waals surface area contributed by atoms with Gasteiger partial charge in [-0.15, -0.1) is 5.10 Å². The Balaban J connectivity index is 2.24. The first-order chi connectivity index (χ1) is 6.36. The normalized spacial score (nSPS) is 16.5. The number of hydrogen-bond donors (Lipinski definition) is 1. The smallest absolute Gasteiger partial charge is 0.0871 e. The lowest BCUT2D eigenvalue weighted by Crippen LogP contribution is -2.07. The fraction of sp³-hybridized carbons (Fsp3) is 0.778. The van der Waals surface area contributed by atoms with E-state index in [1.165, 1.54) is 18.5 Å². The minimum absolute atomic E-state index is 0.633. The van der Waals surface area contributed by atoms with Crippen LogP contribution in [-0.2, 0) is 12.8 Å². The van der Waals surface area contributed by atoms with Gasteiger partial charge in [0.15, 0.2) is 0 Å². The Labute approximate surface area is 78.1 Å². The van der Waals surface area contributed by atoms with Crippen LogP contribution in [0, 0.1) is 0 Å². The van der Waals surface area contributed by atoms with Crippen LogP contribution in [-0.4, -0.2) is 21.5 Å². The van der Waals surface area contributed by atoms with Crippen LogP contribution in [0.15, 0.2) is 0 Å². The van der Waals surface area contributed by atoms with Gasteiger partial charge in [0.1, 0.15) is 0 Å². The molecule has 1 saturated carbocycles. The van der Waals surface area contributed by atoms with E-state index in [0.717, 1.165) is 18.5 Å². The third-order valence-corrected chi connectivity index (χ3v) is 2.48. The first-order valence-electron chi connectivity index (χ1n) is 4.99. The highest BCUT2D eigenvalue weighted by Crippen LogP contribution is 2.35. The van der Waals surface area contributed by atoms with E-state index in [0.29, 0.717) is 12.6 Å². The van der Waals surface area contributed by atoms with Crippen molar-refractivity contribution < 1.29 is 0 Å². The van der Waals surface area contributed by atoms with Crippen LogP contribution < -0.4 is 5.73 Å². The Kier molecular flexibility index (Phi) is 2.31. The Bertz CT molecular complexity index is 288. The zero-order valence-electron chi connectivity index (χ0n) is 8.03. The molecule has 0 aliphatic heterocycles. The van der Waals surface area contributed by atoms with E-state index in [-0.39, 0.29) is 0 Å². The molecule has 0 aromatic carbocycles. The van der Waals surface area contributed by atoms with E-state index in [1.54, 1.807) is 0 Å². The van der Waals surface area contributed by atoms with Crippen LogP contribution in [0.3, 0.4) is 0 Å². The Morgan fingerprint density at radius 2 is 2.31 bits per heavy atom. The second-order valence-electron chi connectivity index (χ2n) is 3.55. The lowest BCUT2D eigenvalue weighted by Gasteiger charge is -2.02. The highest BCUT2D eigenvalue weighted by atomic mass is 15.5. The monoisotopic (exact) mass is 180 g/mol. The first-order valence-corrected chi connectivity index (χ1v) is 4.99. The van der Waals surface area contributed by atoms with Gasteiger partial charge in [-0.2, -0.15) is 0 Å². The Morgan fingerprint density at radius 1 is 1.54 bits per heavy atom. The summed E-state index contributed by atoms with van der Waals surface area (Å²) in [6, 6.07) is 0.633. The molecular formula is C9H16N4. The predicted octanol–water partition coefficient (Wildman–Crippen LogP) is 0.677. The van der Waals surface area contributed by atoms with Gasteiger partial charge in [0, 0.05) is 6.42 Å². The summed E-state index contributed by atoms with van der Waals surface area (Å²) in [6.07, 6.45) is 4.39. The Hall–Kier alpha value is -0.900. The molecule has 0 saturated heterocycles. The first kappa shape index (κ1) is 8.69. The molecule has 0 radical (unpaired) electrons. The summed E-state index contributed by atoms with van der Waals surface area (Å²) in [4.78, 5) is 0. The van der Waals surface area contributed by atoms with Crippen molar-refractivity contribution >= 4 is 0 Å². The van der Waals surface area contributed by atoms with Gasteiger partial charge in [0.2, 0.25) is 0 Å². The molecule has 2 N–H and O–H groups in total. The molecule has 4 heteroatoms. The summed E-state index contributed by atoms with van der Waals surface area (Å²) in [5.74, 6) is 0. The van der Waals surface area contributed by atoms with Gasteiger partial charge < -0.3 is 5.73 Å². The van der Waals surface area contributed by atoms with E-state index < -0.39 is 0 Å². The molecule has 13 heavy (non-hydrogen) atoms. The number of hydrogen-bond acceptors (Lipinski definition) is 3. The van der Waals surface area contributed by atoms with E-state index >= 15 is 0 Å². The summed E-state index contributed by atoms with van der Waals surface area (Å²) in [6.45, 7) is 2.81. The second kappa shape index (κ2) is 3.46. The van der Waals surface area contributed by atoms with Gasteiger partial charge in [0.25, 0.3) is 0 Å². The van der Waals surface area contributed by atoms with E-state index in [9.17, 15) is 0 Å². The predicted molar refractivity (Wildman–Crippen MR) is 50.4 cm³/mol. The third-order valence-electron chi connectivity index (χ3n) is 2.48. The highest BCUT2D eigenvalue weighted by molar-refractivity contribution is 5.12. The fourth-order valence-corrected chi connectivity index (χ4v) is 1.66. The average molecular weight is 180 g/mol. The minimum atomic E-state index is 0.633. The molecule has 1 aliphatic rings. The van der Waals surface area contributed by atoms with E-state index in [1.807, 2.05) is 0 Å². The van der Waals surface area contributed by atoms with Gasteiger partial charge in [-0.25, -0.2) is 4.68 Å². The van der Waals surface area contributed by atoms with Gasteiger partial charge in [-0.1, -0.05) is 12.1 Å². The molecule has 0 spiro atoms. The molecule has 0 atom stereocenters. The zero-order chi connectivity index (χ0) is 9.26. The molecule has 1 heterocycles. The van der Waals surface area contributed by atoms with Crippen molar-refractivity contribution in [3.05, 3.63) is 11.4 Å². The maximum atomic E-state index is 5.51. The molecule has 0 unspecified atom stereocenters. The van der Waals surface area contributed by atoms with Crippen molar-refractivity contribution in [1.82, 2.24) is 15.0 Å². The second-order valence-corrected chi connectivity index (χ2v) is 3.55. The standard InChI is InChI=1S/C9H16N4/c1-2-9-8(5-6-10)11-12-13(9)7-3-4-7/h7H,2-6,10H2,1H3. The molecule has 1 aromatic rings. The minimum Gasteiger partial charge on any atom is -0.330 e. The van der Waals surface area contributed by atoms with Crippen LogP contribution >= 0.6 is 0 Å². The fourth-order valence-electron chi connectivity index (χ4n) is 1.66. The van der Waals surface area contributed by atoms with Crippen LogP contribution in [0.5, 0.6) is 0 Å². The SMILES string of the molecule is CCc1c(CCN)nnn1C1CC1. The number of aromatic nitrogens is 3. The summed E-state index contributed by atoms with van der Waals surface area (Å²) < 4.78 is 2.09. The number of nitrogens with zero attached hydrogens (tertiary/aromatic N) is 3. The van der Waals surface area contributed by atoms with Crippen molar-refractivity contribution in [2.24, 2.45) is 5.73 Å². The van der Waals surface area contributed by atoms with Crippen LogP contribution in [0.4, 0.5) is 0 Å². The molecule has 2 rings (SSSR count).